The highest BCUT2D eigenvalue weighted by Gasteiger charge is 2.31. The van der Waals surface area contributed by atoms with Crippen LogP contribution in [0, 0.1) is 11.8 Å². The summed E-state index contributed by atoms with van der Waals surface area (Å²) < 4.78 is 5.33. The summed E-state index contributed by atoms with van der Waals surface area (Å²) >= 11 is 0. The van der Waals surface area contributed by atoms with Gasteiger partial charge >= 0.3 is 0 Å². The van der Waals surface area contributed by atoms with E-state index >= 15 is 0 Å². The van der Waals surface area contributed by atoms with Gasteiger partial charge in [-0.1, -0.05) is 12.8 Å². The van der Waals surface area contributed by atoms with Crippen LogP contribution < -0.4 is 10.6 Å². The van der Waals surface area contributed by atoms with E-state index < -0.39 is 0 Å². The summed E-state index contributed by atoms with van der Waals surface area (Å²) in [5.41, 5.74) is 1.22. The Hall–Kier alpha value is -2.48. The number of methoxy groups -OCH3 is 1. The predicted molar refractivity (Wildman–Crippen MR) is 132 cm³/mol. The minimum atomic E-state index is 0.357. The summed E-state index contributed by atoms with van der Waals surface area (Å²) in [6.07, 6.45) is 15.1. The maximum Gasteiger partial charge on any atom is 0.224 e. The van der Waals surface area contributed by atoms with Gasteiger partial charge in [0.2, 0.25) is 5.95 Å². The van der Waals surface area contributed by atoms with Crippen LogP contribution in [0.1, 0.15) is 88.7 Å². The van der Waals surface area contributed by atoms with E-state index in [-0.39, 0.29) is 0 Å². The monoisotopic (exact) mass is 466 g/mol. The molecule has 0 spiro atoms. The molecule has 3 N–H and O–H groups in total. The number of rotatable bonds is 10. The first-order valence-corrected chi connectivity index (χ1v) is 13.1. The molecule has 0 saturated heterocycles. The van der Waals surface area contributed by atoms with Gasteiger partial charge in [0.25, 0.3) is 0 Å². The molecular formula is C26H38N6O2. The molecule has 0 aliphatic heterocycles. The highest BCUT2D eigenvalue weighted by atomic mass is 16.5. The van der Waals surface area contributed by atoms with E-state index in [0.717, 1.165) is 63.0 Å². The Labute approximate surface area is 202 Å². The van der Waals surface area contributed by atoms with E-state index in [1.54, 1.807) is 13.3 Å². The average Bonchev–Trinajstić information content (AvgIpc) is 3.50. The quantitative estimate of drug-likeness (QED) is 0.434. The summed E-state index contributed by atoms with van der Waals surface area (Å²) in [7, 11) is 1.76. The summed E-state index contributed by atoms with van der Waals surface area (Å²) in [6.45, 7) is 0. The number of anilines is 3. The van der Waals surface area contributed by atoms with Gasteiger partial charge in [0.15, 0.2) is 5.82 Å². The van der Waals surface area contributed by atoms with Gasteiger partial charge in [0, 0.05) is 49.9 Å². The van der Waals surface area contributed by atoms with Crippen LogP contribution >= 0.6 is 0 Å². The van der Waals surface area contributed by atoms with Gasteiger partial charge in [-0.2, -0.15) is 10.1 Å². The maximum atomic E-state index is 12.5. The first-order chi connectivity index (χ1) is 16.6. The fourth-order valence-electron chi connectivity index (χ4n) is 5.93. The number of nitrogens with one attached hydrogen (secondary N) is 3. The number of nitrogens with zero attached hydrogens (tertiary/aromatic N) is 3. The lowest BCUT2D eigenvalue weighted by atomic mass is 9.76. The third-order valence-electron chi connectivity index (χ3n) is 8.04. The normalized spacial score (nSPS) is 27.3. The van der Waals surface area contributed by atoms with E-state index in [1.807, 2.05) is 6.07 Å². The number of aromatic nitrogens is 4. The number of aromatic amines is 1. The Bertz CT molecular complexity index is 942. The molecule has 3 fully saturated rings. The molecule has 0 atom stereocenters. The topological polar surface area (TPSA) is 105 Å². The fourth-order valence-corrected chi connectivity index (χ4v) is 5.93. The number of ketones is 1. The van der Waals surface area contributed by atoms with Crippen molar-refractivity contribution in [2.45, 2.75) is 95.1 Å². The highest BCUT2D eigenvalue weighted by Crippen LogP contribution is 2.35. The second kappa shape index (κ2) is 10.8. The molecule has 0 aromatic carbocycles. The van der Waals surface area contributed by atoms with Gasteiger partial charge in [-0.25, -0.2) is 4.98 Å². The largest absolute Gasteiger partial charge is 0.381 e. The standard InChI is InChI=1S/C26H38N6O2/c1-34-22-14-18(15-22)13-21(33)12-17-6-8-20(9-7-17)28-26-27-11-10-24(30-26)29-25-16-23(31-32-25)19-4-2-3-5-19/h10-11,16-20,22H,2-9,12-15H2,1H3,(H3,27,28,29,30,31,32). The van der Waals surface area contributed by atoms with Crippen LogP contribution in [0.2, 0.25) is 0 Å². The predicted octanol–water partition coefficient (Wildman–Crippen LogP) is 5.35. The van der Waals surface area contributed by atoms with E-state index in [9.17, 15) is 4.79 Å². The van der Waals surface area contributed by atoms with E-state index in [1.165, 1.54) is 31.4 Å². The molecule has 0 amide bonds. The molecule has 2 aromatic heterocycles. The van der Waals surface area contributed by atoms with Gasteiger partial charge in [-0.3, -0.25) is 9.89 Å². The molecule has 0 unspecified atom stereocenters. The summed E-state index contributed by atoms with van der Waals surface area (Å²) in [5, 5.41) is 14.4. The van der Waals surface area contributed by atoms with Gasteiger partial charge in [-0.15, -0.1) is 0 Å². The molecule has 8 heteroatoms. The number of hydrogen-bond acceptors (Lipinski definition) is 7. The molecule has 5 rings (SSSR count). The van der Waals surface area contributed by atoms with Crippen LogP contribution in [-0.2, 0) is 9.53 Å². The van der Waals surface area contributed by atoms with Crippen LogP contribution in [0.5, 0.6) is 0 Å². The van der Waals surface area contributed by atoms with Crippen LogP contribution in [0.25, 0.3) is 0 Å². The summed E-state index contributed by atoms with van der Waals surface area (Å²) in [5.74, 6) is 4.30. The van der Waals surface area contributed by atoms with E-state index in [2.05, 4.69) is 36.9 Å². The first kappa shape index (κ1) is 23.3. The lowest BCUT2D eigenvalue weighted by Crippen LogP contribution is -2.32. The number of Topliss-reactive ketones (excluding diaryl/α,β-unsaturated/α-hetero) is 1. The first-order valence-electron chi connectivity index (χ1n) is 13.1. The number of ether oxygens (including phenoxy) is 1. The zero-order valence-electron chi connectivity index (χ0n) is 20.3. The molecular weight excluding hydrogens is 428 g/mol. The number of carbonyl (C=O) groups excluding carboxylic acids is 1. The van der Waals surface area contributed by atoms with E-state index in [0.29, 0.717) is 41.6 Å². The zero-order chi connectivity index (χ0) is 23.3. The number of hydrogen-bond donors (Lipinski definition) is 3. The van der Waals surface area contributed by atoms with Crippen molar-refractivity contribution in [2.24, 2.45) is 11.8 Å². The maximum absolute atomic E-state index is 12.5. The lowest BCUT2D eigenvalue weighted by molar-refractivity contribution is -0.123. The Morgan fingerprint density at radius 1 is 1.06 bits per heavy atom. The van der Waals surface area contributed by atoms with Gasteiger partial charge in [-0.05, 0) is 69.3 Å². The van der Waals surface area contributed by atoms with Crippen molar-refractivity contribution in [3.63, 3.8) is 0 Å². The Balaban J connectivity index is 1.05. The summed E-state index contributed by atoms with van der Waals surface area (Å²) in [4.78, 5) is 21.5. The van der Waals surface area contributed by atoms with Crippen LogP contribution in [0.4, 0.5) is 17.6 Å². The molecule has 3 saturated carbocycles. The van der Waals surface area contributed by atoms with Crippen molar-refractivity contribution in [1.29, 1.82) is 0 Å². The van der Waals surface area contributed by atoms with Crippen molar-refractivity contribution in [2.75, 3.05) is 17.7 Å². The molecule has 2 heterocycles. The molecule has 8 nitrogen and oxygen atoms in total. The molecule has 0 radical (unpaired) electrons. The SMILES string of the molecule is COC1CC(CC(=O)CC2CCC(Nc3nccc(Nc4cc(C5CCCC5)[nH]n4)n3)CC2)C1. The Kier molecular flexibility index (Phi) is 7.42. The molecule has 0 bridgehead atoms. The van der Waals surface area contributed by atoms with Crippen molar-refractivity contribution < 1.29 is 9.53 Å². The van der Waals surface area contributed by atoms with Gasteiger partial charge in [0.05, 0.1) is 6.10 Å². The minimum Gasteiger partial charge on any atom is -0.381 e. The third kappa shape index (κ3) is 5.95. The lowest BCUT2D eigenvalue weighted by Gasteiger charge is -2.34. The van der Waals surface area contributed by atoms with Crippen molar-refractivity contribution in [3.05, 3.63) is 24.0 Å². The van der Waals surface area contributed by atoms with E-state index in [4.69, 9.17) is 4.74 Å². The zero-order valence-corrected chi connectivity index (χ0v) is 20.3. The Morgan fingerprint density at radius 2 is 1.82 bits per heavy atom. The van der Waals surface area contributed by atoms with Crippen molar-refractivity contribution in [3.8, 4) is 0 Å². The minimum absolute atomic E-state index is 0.357. The average molecular weight is 467 g/mol. The van der Waals surface area contributed by atoms with Crippen LogP contribution in [0.15, 0.2) is 18.3 Å². The van der Waals surface area contributed by atoms with Crippen LogP contribution in [0.3, 0.4) is 0 Å². The second-order valence-corrected chi connectivity index (χ2v) is 10.6. The highest BCUT2D eigenvalue weighted by molar-refractivity contribution is 5.79. The second-order valence-electron chi connectivity index (χ2n) is 10.6. The van der Waals surface area contributed by atoms with Crippen molar-refractivity contribution in [1.82, 2.24) is 20.2 Å². The Morgan fingerprint density at radius 3 is 2.59 bits per heavy atom. The van der Waals surface area contributed by atoms with Gasteiger partial charge < -0.3 is 15.4 Å². The fraction of sp³-hybridized carbons (Fsp3) is 0.692. The van der Waals surface area contributed by atoms with Gasteiger partial charge in [0.1, 0.15) is 11.6 Å². The smallest absolute Gasteiger partial charge is 0.224 e. The molecule has 3 aliphatic rings. The molecule has 34 heavy (non-hydrogen) atoms. The van der Waals surface area contributed by atoms with Crippen LogP contribution in [-0.4, -0.2) is 45.2 Å². The molecule has 2 aromatic rings. The molecule has 184 valence electrons. The van der Waals surface area contributed by atoms with Crippen molar-refractivity contribution >= 4 is 23.4 Å². The number of carbonyl (C=O) groups is 1. The summed E-state index contributed by atoms with van der Waals surface area (Å²) in [6, 6.07) is 4.33. The molecule has 3 aliphatic carbocycles. The number of H-pyrrole nitrogens is 1. The third-order valence-corrected chi connectivity index (χ3v) is 8.04.